The number of hydrogen-bond donors (Lipinski definition) is 0. The molecule has 0 saturated heterocycles. The highest BCUT2D eigenvalue weighted by Gasteiger charge is 2.43. The highest BCUT2D eigenvalue weighted by molar-refractivity contribution is 5.90. The van der Waals surface area contributed by atoms with Crippen LogP contribution < -0.4 is 37.9 Å². The molecule has 8 bridgehead atoms. The van der Waals surface area contributed by atoms with Crippen LogP contribution in [0.4, 0.5) is 0 Å². The van der Waals surface area contributed by atoms with Gasteiger partial charge in [-0.1, -0.05) is 356 Å². The second-order valence-corrected chi connectivity index (χ2v) is 37.5. The van der Waals surface area contributed by atoms with E-state index in [1.807, 2.05) is 49.6 Å². The molecule has 0 fully saturated rings. The first-order valence-electron chi connectivity index (χ1n) is 50.7. The normalized spacial score (nSPS) is 15.5. The summed E-state index contributed by atoms with van der Waals surface area (Å²) in [6, 6.07) is 45.9. The SMILES string of the molecule is CCCCCCCCCCCC1c2cc3c4c(-c5ccc(-c6cncnc6)cc5)c2OCOc2c1cc1c(c2-c2ccc(-c5cncnc5)cc2)OCOc2c(cc5c(c2-c2ccc(-c6cncnc6)cc2)OCOc2c(cc(c(c2-c2ccc(-c6cncnc6)cc2)OCO4)C3CCCCCCCCCCC)C5CCCCCCCCCCC)C1CCCCCCCCCCC. The molecule has 8 heterocycles. The lowest BCUT2D eigenvalue weighted by atomic mass is 9.73. The van der Waals surface area contributed by atoms with Crippen LogP contribution in [0, 0.1) is 0 Å². The molecule has 17 rings (SSSR count). The fourth-order valence-corrected chi connectivity index (χ4v) is 21.4. The molecule has 0 spiro atoms. The predicted octanol–water partition coefficient (Wildman–Crippen LogP) is 31.6. The van der Waals surface area contributed by atoms with Crippen LogP contribution in [0.5, 0.6) is 46.0 Å². The van der Waals surface area contributed by atoms with E-state index in [0.717, 1.165) is 282 Å². The first kappa shape index (κ1) is 92.3. The van der Waals surface area contributed by atoms with Crippen LogP contribution in [0.15, 0.2) is 196 Å². The molecule has 5 aliphatic rings. The van der Waals surface area contributed by atoms with Crippen molar-refractivity contribution in [2.45, 2.75) is 308 Å². The first-order chi connectivity index (χ1) is 65.5. The summed E-state index contributed by atoms with van der Waals surface area (Å²) in [6.07, 6.45) is 67.3. The Morgan fingerprint density at radius 3 is 0.485 bits per heavy atom. The maximum absolute atomic E-state index is 7.74. The quantitative estimate of drug-likeness (QED) is 0.0329. The summed E-state index contributed by atoms with van der Waals surface area (Å²) in [5.74, 6) is 4.74. The van der Waals surface area contributed by atoms with Crippen molar-refractivity contribution in [1.29, 1.82) is 0 Å². The zero-order valence-corrected chi connectivity index (χ0v) is 78.7. The number of benzene rings is 8. The molecule has 1 aliphatic carbocycles. The van der Waals surface area contributed by atoms with Crippen molar-refractivity contribution in [3.8, 4) is 135 Å². The topological polar surface area (TPSA) is 177 Å². The molecule has 8 aromatic carbocycles. The molecular formula is C116H136N8O8. The van der Waals surface area contributed by atoms with Crippen LogP contribution in [0.2, 0.25) is 0 Å². The second kappa shape index (κ2) is 47.2. The van der Waals surface area contributed by atoms with Crippen molar-refractivity contribution >= 4 is 0 Å². The standard InChI is InChI=1S/C116H136N8O8/c1-5-9-13-17-21-25-29-33-37-41-93-97-61-99-94(42-38-34-30-26-22-18-14-10-6-2)101-63-103-96(44-40-36-32-28-24-20-16-12-8-4)104-64-102-95(43-39-35-31-27-23-19-15-11-7-3)100-62-98(93)110-106(86-55-47-82(48-56-86)90-67-119-74-120-68-90)112(100)128-79-130-114(102)108(88-59-51-84(52-60-88)92-71-123-76-124-72-92)116(104)132-80-131-115(103)107(87-57-49-83(50-58-87)91-69-121-75-122-70-91)113(101)129-78-127-111(99)105(109(97)125-77-126-110)85-53-45-81(46-54-85)89-65-117-73-118-66-89/h45-76,93-96H,5-44,77-80H2,1-4H3. The van der Waals surface area contributed by atoms with E-state index in [1.54, 1.807) is 25.3 Å². The van der Waals surface area contributed by atoms with Gasteiger partial charge < -0.3 is 37.9 Å². The van der Waals surface area contributed by atoms with Crippen LogP contribution in [0.3, 0.4) is 0 Å². The van der Waals surface area contributed by atoms with E-state index in [0.29, 0.717) is 0 Å². The van der Waals surface area contributed by atoms with Crippen molar-refractivity contribution in [2.24, 2.45) is 0 Å². The van der Waals surface area contributed by atoms with Gasteiger partial charge in [0.1, 0.15) is 71.3 Å². The lowest BCUT2D eigenvalue weighted by molar-refractivity contribution is 0.101. The molecule has 4 aromatic heterocycles. The Hall–Kier alpha value is -11.5. The molecule has 0 atom stereocenters. The van der Waals surface area contributed by atoms with E-state index < -0.39 is 0 Å². The summed E-state index contributed by atoms with van der Waals surface area (Å²) in [7, 11) is 0. The van der Waals surface area contributed by atoms with Gasteiger partial charge in [-0.25, -0.2) is 39.9 Å². The summed E-state index contributed by atoms with van der Waals surface area (Å²) in [6.45, 7) is 8.75. The van der Waals surface area contributed by atoms with E-state index in [4.69, 9.17) is 37.9 Å². The van der Waals surface area contributed by atoms with Gasteiger partial charge >= 0.3 is 0 Å². The smallest absolute Gasteiger partial charge is 0.230 e. The van der Waals surface area contributed by atoms with Crippen LogP contribution in [-0.4, -0.2) is 67.0 Å². The van der Waals surface area contributed by atoms with Crippen LogP contribution in [0.25, 0.3) is 89.0 Å². The number of aromatic nitrogens is 8. The van der Waals surface area contributed by atoms with Crippen molar-refractivity contribution < 1.29 is 37.9 Å². The lowest BCUT2D eigenvalue weighted by Crippen LogP contribution is -2.24. The molecule has 0 radical (unpaired) electrons. The zero-order chi connectivity index (χ0) is 89.8. The summed E-state index contributed by atoms with van der Waals surface area (Å²) in [5, 5.41) is 0. The molecule has 0 saturated carbocycles. The molecule has 16 nitrogen and oxygen atoms in total. The highest BCUT2D eigenvalue weighted by atomic mass is 16.7. The second-order valence-electron chi connectivity index (χ2n) is 37.5. The molecule has 0 N–H and O–H groups in total. The van der Waals surface area contributed by atoms with E-state index in [-0.39, 0.29) is 50.8 Å². The molecule has 0 amide bonds. The van der Waals surface area contributed by atoms with Gasteiger partial charge in [-0.3, -0.25) is 0 Å². The van der Waals surface area contributed by atoms with E-state index in [1.165, 1.54) is 154 Å². The van der Waals surface area contributed by atoms with Crippen LogP contribution in [-0.2, 0) is 0 Å². The van der Waals surface area contributed by atoms with Gasteiger partial charge in [-0.05, 0) is 94.5 Å². The van der Waals surface area contributed by atoms with E-state index in [2.05, 4.69) is 189 Å². The number of unbranched alkanes of at least 4 members (excludes halogenated alkanes) is 32. The summed E-state index contributed by atoms with van der Waals surface area (Å²) in [4.78, 5) is 36.1. The Morgan fingerprint density at radius 2 is 0.326 bits per heavy atom. The van der Waals surface area contributed by atoms with Crippen LogP contribution in [0.1, 0.15) is 353 Å². The van der Waals surface area contributed by atoms with E-state index >= 15 is 0 Å². The first-order valence-corrected chi connectivity index (χ1v) is 50.7. The van der Waals surface area contributed by atoms with Gasteiger partial charge in [0.05, 0.1) is 22.3 Å². The molecular weight excluding hydrogens is 1630 g/mol. The average Bonchev–Trinajstić information content (AvgIpc) is 0.711. The van der Waals surface area contributed by atoms with Gasteiger partial charge in [0.25, 0.3) is 0 Å². The largest absolute Gasteiger partial charge is 0.456 e. The summed E-state index contributed by atoms with van der Waals surface area (Å²) >= 11 is 0. The third-order valence-corrected chi connectivity index (χ3v) is 28.4. The minimum absolute atomic E-state index is 0.124. The Labute approximate surface area is 784 Å². The molecule has 0 unspecified atom stereocenters. The minimum Gasteiger partial charge on any atom is -0.456 e. The van der Waals surface area contributed by atoms with E-state index in [9.17, 15) is 0 Å². The van der Waals surface area contributed by atoms with Gasteiger partial charge in [0.2, 0.25) is 27.2 Å². The lowest BCUT2D eigenvalue weighted by Gasteiger charge is -2.38. The van der Waals surface area contributed by atoms with Gasteiger partial charge in [0, 0.05) is 140 Å². The van der Waals surface area contributed by atoms with Gasteiger partial charge in [0.15, 0.2) is 0 Å². The summed E-state index contributed by atoms with van der Waals surface area (Å²) < 4.78 is 61.9. The van der Waals surface area contributed by atoms with Gasteiger partial charge in [-0.15, -0.1) is 0 Å². The number of rotatable bonds is 48. The fraction of sp³-hybridized carbons (Fsp3) is 0.448. The van der Waals surface area contributed by atoms with Crippen molar-refractivity contribution in [3.63, 3.8) is 0 Å². The monoisotopic (exact) mass is 1770 g/mol. The maximum atomic E-state index is 7.74. The average molecular weight is 1770 g/mol. The predicted molar refractivity (Wildman–Crippen MR) is 531 cm³/mol. The Kier molecular flexibility index (Phi) is 33.0. The van der Waals surface area contributed by atoms with Crippen molar-refractivity contribution in [1.82, 2.24) is 39.9 Å². The molecule has 12 aromatic rings. The van der Waals surface area contributed by atoms with Crippen molar-refractivity contribution in [2.75, 3.05) is 27.2 Å². The zero-order valence-electron chi connectivity index (χ0n) is 78.7. The molecule has 132 heavy (non-hydrogen) atoms. The number of nitrogens with zero attached hydrogens (tertiary/aromatic N) is 8. The highest BCUT2D eigenvalue weighted by Crippen LogP contribution is 2.63. The minimum atomic E-state index is -0.302. The third kappa shape index (κ3) is 22.0. The Bertz CT molecular complexity index is 4830. The fourth-order valence-electron chi connectivity index (χ4n) is 21.4. The Morgan fingerprint density at radius 1 is 0.182 bits per heavy atom. The molecule has 4 aliphatic heterocycles. The molecule has 688 valence electrons. The summed E-state index contributed by atoms with van der Waals surface area (Å²) in [5.41, 5.74) is 23.9. The number of ether oxygens (including phenoxy) is 8. The van der Waals surface area contributed by atoms with Gasteiger partial charge in [-0.2, -0.15) is 0 Å². The Balaban J connectivity index is 0.986. The van der Waals surface area contributed by atoms with Crippen molar-refractivity contribution in [3.05, 3.63) is 241 Å². The van der Waals surface area contributed by atoms with Crippen LogP contribution >= 0.6 is 0 Å². The maximum Gasteiger partial charge on any atom is 0.230 e. The number of hydrogen-bond acceptors (Lipinski definition) is 16. The molecule has 16 heteroatoms. The third-order valence-electron chi connectivity index (χ3n) is 28.4.